The van der Waals surface area contributed by atoms with Crippen LogP contribution >= 0.6 is 0 Å². The first-order valence-corrected chi connectivity index (χ1v) is 13.2. The van der Waals surface area contributed by atoms with Gasteiger partial charge >= 0.3 is 0 Å². The van der Waals surface area contributed by atoms with Crippen molar-refractivity contribution in [3.63, 3.8) is 0 Å². The van der Waals surface area contributed by atoms with E-state index < -0.39 is 0 Å². The first kappa shape index (κ1) is 21.7. The van der Waals surface area contributed by atoms with E-state index in [1.807, 2.05) is 12.1 Å². The Hall–Kier alpha value is -5.39. The summed E-state index contributed by atoms with van der Waals surface area (Å²) in [6, 6.07) is 49.7. The molecule has 0 atom stereocenters. The lowest BCUT2D eigenvalue weighted by Gasteiger charge is -2.13. The maximum absolute atomic E-state index is 9.59. The van der Waals surface area contributed by atoms with Gasteiger partial charge in [0.2, 0.25) is 0 Å². The molecule has 0 aliphatic heterocycles. The van der Waals surface area contributed by atoms with Crippen molar-refractivity contribution in [2.24, 2.45) is 0 Å². The van der Waals surface area contributed by atoms with Gasteiger partial charge in [0.1, 0.15) is 0 Å². The van der Waals surface area contributed by atoms with Crippen LogP contribution < -0.4 is 0 Å². The molecule has 1 aromatic heterocycles. The van der Waals surface area contributed by atoms with Gasteiger partial charge in [-0.05, 0) is 79.8 Å². The average molecular weight is 495 g/mol. The van der Waals surface area contributed by atoms with Gasteiger partial charge in [0.15, 0.2) is 0 Å². The molecule has 7 aromatic carbocycles. The van der Waals surface area contributed by atoms with Crippen LogP contribution in [0.15, 0.2) is 133 Å². The van der Waals surface area contributed by atoms with Crippen LogP contribution in [0.2, 0.25) is 0 Å². The lowest BCUT2D eigenvalue weighted by atomic mass is 9.92. The third kappa shape index (κ3) is 3.21. The highest BCUT2D eigenvalue weighted by Crippen LogP contribution is 2.38. The van der Waals surface area contributed by atoms with Crippen molar-refractivity contribution in [1.29, 1.82) is 5.26 Å². The quantitative estimate of drug-likeness (QED) is 0.220. The number of hydrogen-bond acceptors (Lipinski definition) is 1. The van der Waals surface area contributed by atoms with E-state index in [0.717, 1.165) is 27.7 Å². The van der Waals surface area contributed by atoms with Crippen molar-refractivity contribution in [2.45, 2.75) is 0 Å². The molecule has 0 aliphatic carbocycles. The van der Waals surface area contributed by atoms with Gasteiger partial charge < -0.3 is 4.57 Å². The Labute approximate surface area is 225 Å². The second-order valence-electron chi connectivity index (χ2n) is 10.1. The molecular formula is C37H22N2. The molecule has 0 aliphatic rings. The molecule has 2 nitrogen and oxygen atoms in total. The van der Waals surface area contributed by atoms with Gasteiger partial charge in [0, 0.05) is 16.5 Å². The zero-order valence-electron chi connectivity index (χ0n) is 21.1. The Kier molecular flexibility index (Phi) is 4.62. The highest BCUT2D eigenvalue weighted by atomic mass is 15.0. The smallest absolute Gasteiger partial charge is 0.0992 e. The van der Waals surface area contributed by atoms with E-state index in [1.165, 1.54) is 43.3 Å². The number of aromatic nitrogens is 1. The largest absolute Gasteiger partial charge is 0.309 e. The Morgan fingerprint density at radius 2 is 0.974 bits per heavy atom. The van der Waals surface area contributed by atoms with Crippen molar-refractivity contribution in [1.82, 2.24) is 4.57 Å². The van der Waals surface area contributed by atoms with Crippen LogP contribution in [0.4, 0.5) is 0 Å². The summed E-state index contributed by atoms with van der Waals surface area (Å²) in [6.45, 7) is 0. The molecule has 0 bridgehead atoms. The zero-order chi connectivity index (χ0) is 25.9. The summed E-state index contributed by atoms with van der Waals surface area (Å²) < 4.78 is 2.28. The van der Waals surface area contributed by atoms with Gasteiger partial charge in [-0.1, -0.05) is 97.1 Å². The van der Waals surface area contributed by atoms with E-state index in [1.54, 1.807) is 0 Å². The van der Waals surface area contributed by atoms with Crippen LogP contribution in [0.1, 0.15) is 5.56 Å². The molecule has 1 heterocycles. The van der Waals surface area contributed by atoms with Crippen LogP contribution in [0.5, 0.6) is 0 Å². The molecular weight excluding hydrogens is 472 g/mol. The number of nitrogens with zero attached hydrogens (tertiary/aromatic N) is 2. The van der Waals surface area contributed by atoms with E-state index >= 15 is 0 Å². The number of nitriles is 1. The molecule has 0 saturated heterocycles. The minimum absolute atomic E-state index is 0.663. The summed E-state index contributed by atoms with van der Waals surface area (Å²) in [7, 11) is 0. The molecule has 180 valence electrons. The van der Waals surface area contributed by atoms with E-state index in [0.29, 0.717) is 5.56 Å². The lowest BCUT2D eigenvalue weighted by Crippen LogP contribution is -1.94. The van der Waals surface area contributed by atoms with Crippen LogP contribution in [-0.2, 0) is 0 Å². The van der Waals surface area contributed by atoms with Gasteiger partial charge in [0.05, 0.1) is 22.7 Å². The predicted molar refractivity (Wildman–Crippen MR) is 163 cm³/mol. The number of benzene rings is 7. The van der Waals surface area contributed by atoms with Gasteiger partial charge in [-0.3, -0.25) is 0 Å². The summed E-state index contributed by atoms with van der Waals surface area (Å²) in [4.78, 5) is 0. The highest BCUT2D eigenvalue weighted by molar-refractivity contribution is 6.25. The average Bonchev–Trinajstić information content (AvgIpc) is 3.34. The summed E-state index contributed by atoms with van der Waals surface area (Å²) in [5, 5.41) is 19.6. The molecule has 0 spiro atoms. The van der Waals surface area contributed by atoms with Crippen LogP contribution in [-0.4, -0.2) is 4.57 Å². The second kappa shape index (κ2) is 8.31. The van der Waals surface area contributed by atoms with Crippen molar-refractivity contribution in [3.8, 4) is 22.9 Å². The van der Waals surface area contributed by atoms with Crippen molar-refractivity contribution >= 4 is 54.1 Å². The van der Waals surface area contributed by atoms with Gasteiger partial charge in [-0.2, -0.15) is 5.26 Å². The number of rotatable bonds is 2. The third-order valence-corrected chi connectivity index (χ3v) is 7.98. The molecule has 2 heteroatoms. The topological polar surface area (TPSA) is 28.7 Å². The zero-order valence-corrected chi connectivity index (χ0v) is 21.1. The van der Waals surface area contributed by atoms with E-state index in [4.69, 9.17) is 0 Å². The van der Waals surface area contributed by atoms with Crippen LogP contribution in [0.25, 0.3) is 70.9 Å². The number of fused-ring (bicyclic) bond motifs is 9. The summed E-state index contributed by atoms with van der Waals surface area (Å²) in [6.07, 6.45) is 0. The van der Waals surface area contributed by atoms with Crippen molar-refractivity contribution < 1.29 is 0 Å². The molecule has 0 saturated carbocycles. The fourth-order valence-corrected chi connectivity index (χ4v) is 6.23. The first-order chi connectivity index (χ1) is 19.3. The molecule has 8 aromatic rings. The molecule has 0 amide bonds. The van der Waals surface area contributed by atoms with E-state index in [9.17, 15) is 5.26 Å². The van der Waals surface area contributed by atoms with Gasteiger partial charge in [0.25, 0.3) is 0 Å². The predicted octanol–water partition coefficient (Wildman–Crippen LogP) is 9.78. The minimum atomic E-state index is 0.663. The Morgan fingerprint density at radius 3 is 1.69 bits per heavy atom. The van der Waals surface area contributed by atoms with Gasteiger partial charge in [-0.15, -0.1) is 0 Å². The Bertz CT molecular complexity index is 2260. The van der Waals surface area contributed by atoms with Crippen molar-refractivity contribution in [2.75, 3.05) is 0 Å². The maximum atomic E-state index is 9.59. The maximum Gasteiger partial charge on any atom is 0.0992 e. The molecule has 0 fully saturated rings. The Balaban J connectivity index is 1.38. The standard InChI is InChI=1S/C37H22N2/c38-23-24-16-18-34-33-14-5-6-15-36(33)39(37(34)20-24)27-9-7-8-25(21-27)26-17-19-32-30-12-2-1-10-28(30)29-11-3-4-13-31(29)35(32)22-26/h1-22H. The summed E-state index contributed by atoms with van der Waals surface area (Å²) in [5.41, 5.74) is 6.27. The van der Waals surface area contributed by atoms with E-state index in [-0.39, 0.29) is 0 Å². The van der Waals surface area contributed by atoms with Crippen LogP contribution in [0, 0.1) is 11.3 Å². The summed E-state index contributed by atoms with van der Waals surface area (Å²) in [5.74, 6) is 0. The van der Waals surface area contributed by atoms with Crippen LogP contribution in [0.3, 0.4) is 0 Å². The molecule has 0 unspecified atom stereocenters. The van der Waals surface area contributed by atoms with Gasteiger partial charge in [-0.25, -0.2) is 0 Å². The molecule has 0 N–H and O–H groups in total. The Morgan fingerprint density at radius 1 is 0.410 bits per heavy atom. The lowest BCUT2D eigenvalue weighted by molar-refractivity contribution is 1.18. The normalized spacial score (nSPS) is 11.6. The SMILES string of the molecule is N#Cc1ccc2c3ccccc3n(-c3cccc(-c4ccc5c6ccccc6c6ccccc6c5c4)c3)c2c1. The highest BCUT2D eigenvalue weighted by Gasteiger charge is 2.14. The number of hydrogen-bond donors (Lipinski definition) is 0. The minimum Gasteiger partial charge on any atom is -0.309 e. The van der Waals surface area contributed by atoms with E-state index in [2.05, 4.69) is 132 Å². The fourth-order valence-electron chi connectivity index (χ4n) is 6.23. The molecule has 0 radical (unpaired) electrons. The van der Waals surface area contributed by atoms with Crippen molar-refractivity contribution in [3.05, 3.63) is 139 Å². The second-order valence-corrected chi connectivity index (χ2v) is 10.1. The third-order valence-electron chi connectivity index (χ3n) is 7.98. The monoisotopic (exact) mass is 494 g/mol. The molecule has 8 rings (SSSR count). The number of para-hydroxylation sites is 1. The molecule has 39 heavy (non-hydrogen) atoms. The summed E-state index contributed by atoms with van der Waals surface area (Å²) >= 11 is 0. The first-order valence-electron chi connectivity index (χ1n) is 13.2. The fraction of sp³-hybridized carbons (Fsp3) is 0.